The van der Waals surface area contributed by atoms with Crippen LogP contribution in [0, 0.1) is 0 Å². The maximum atomic E-state index is 6.92. The van der Waals surface area contributed by atoms with Crippen LogP contribution in [0.15, 0.2) is 251 Å². The average Bonchev–Trinajstić information content (AvgIpc) is 4.10. The topological polar surface area (TPSA) is 32.8 Å². The molecular formula is C70H58N2O2. The van der Waals surface area contributed by atoms with Crippen LogP contribution in [0.3, 0.4) is 0 Å². The molecule has 0 unspecified atom stereocenters. The van der Waals surface area contributed by atoms with Crippen molar-refractivity contribution < 1.29 is 8.83 Å². The first-order chi connectivity index (χ1) is 35.9. The minimum atomic E-state index is -0.00801. The van der Waals surface area contributed by atoms with E-state index in [0.29, 0.717) is 0 Å². The van der Waals surface area contributed by atoms with Crippen molar-refractivity contribution in [2.45, 2.75) is 52.4 Å². The molecule has 0 amide bonds. The van der Waals surface area contributed by atoms with E-state index in [4.69, 9.17) is 8.83 Å². The molecular weight excluding hydrogens is 901 g/mol. The Balaban J connectivity index is 0.915. The van der Waals surface area contributed by atoms with Gasteiger partial charge in [-0.2, -0.15) is 0 Å². The Morgan fingerprint density at radius 1 is 0.257 bits per heavy atom. The SMILES string of the molecule is CC(C)(C)c1cccc(N(c2ccc(-c3cc4c5ccccc5c5cc(-c6ccc(N(c7cccc(-c8ccccc8)c7)c7cccc(C(C)(C)C)c7)cc6)oc5c4o3)cc2)c2cccc(-c3ccccc3)c2)c1. The van der Waals surface area contributed by atoms with Crippen LogP contribution in [0.2, 0.25) is 0 Å². The zero-order valence-corrected chi connectivity index (χ0v) is 42.8. The Hall–Kier alpha value is -8.86. The second kappa shape index (κ2) is 18.6. The largest absolute Gasteiger partial charge is 0.452 e. The Morgan fingerprint density at radius 3 is 0.973 bits per heavy atom. The van der Waals surface area contributed by atoms with Crippen molar-refractivity contribution in [1.29, 1.82) is 0 Å². The molecule has 0 aliphatic heterocycles. The van der Waals surface area contributed by atoms with Crippen molar-refractivity contribution >= 4 is 66.8 Å². The summed E-state index contributed by atoms with van der Waals surface area (Å²) in [4.78, 5) is 4.70. The molecule has 0 aliphatic rings. The fourth-order valence-electron chi connectivity index (χ4n) is 10.3. The van der Waals surface area contributed by atoms with E-state index in [9.17, 15) is 0 Å². The summed E-state index contributed by atoms with van der Waals surface area (Å²) in [7, 11) is 0. The first-order valence-corrected chi connectivity index (χ1v) is 25.6. The second-order valence-corrected chi connectivity index (χ2v) is 21.5. The molecule has 74 heavy (non-hydrogen) atoms. The van der Waals surface area contributed by atoms with E-state index >= 15 is 0 Å². The van der Waals surface area contributed by atoms with E-state index in [0.717, 1.165) is 89.5 Å². The summed E-state index contributed by atoms with van der Waals surface area (Å²) in [5.74, 6) is 1.57. The maximum Gasteiger partial charge on any atom is 0.178 e. The van der Waals surface area contributed by atoms with Crippen LogP contribution in [0.1, 0.15) is 52.7 Å². The molecule has 0 radical (unpaired) electrons. The zero-order valence-electron chi connectivity index (χ0n) is 42.8. The normalized spacial score (nSPS) is 11.9. The van der Waals surface area contributed by atoms with E-state index in [2.05, 4.69) is 294 Å². The van der Waals surface area contributed by atoms with Crippen LogP contribution in [-0.4, -0.2) is 0 Å². The van der Waals surface area contributed by atoms with Gasteiger partial charge in [0.1, 0.15) is 11.5 Å². The molecule has 10 aromatic carbocycles. The van der Waals surface area contributed by atoms with Gasteiger partial charge in [0.25, 0.3) is 0 Å². The predicted molar refractivity (Wildman–Crippen MR) is 312 cm³/mol. The minimum Gasteiger partial charge on any atom is -0.452 e. The molecule has 0 spiro atoms. The van der Waals surface area contributed by atoms with Gasteiger partial charge in [0.05, 0.1) is 0 Å². The van der Waals surface area contributed by atoms with Gasteiger partial charge in [-0.1, -0.05) is 175 Å². The van der Waals surface area contributed by atoms with E-state index < -0.39 is 0 Å². The predicted octanol–water partition coefficient (Wildman–Crippen LogP) is 20.5. The molecule has 12 aromatic rings. The summed E-state index contributed by atoms with van der Waals surface area (Å²) in [6.45, 7) is 13.6. The zero-order chi connectivity index (χ0) is 50.6. The first-order valence-electron chi connectivity index (χ1n) is 25.6. The van der Waals surface area contributed by atoms with Gasteiger partial charge >= 0.3 is 0 Å². The second-order valence-electron chi connectivity index (χ2n) is 21.5. The molecule has 0 bridgehead atoms. The molecule has 4 nitrogen and oxygen atoms in total. The molecule has 0 saturated heterocycles. The summed E-state index contributed by atoms with van der Waals surface area (Å²) in [6.07, 6.45) is 0. The third kappa shape index (κ3) is 8.83. The number of furan rings is 2. The van der Waals surface area contributed by atoms with E-state index in [1.807, 2.05) is 0 Å². The lowest BCUT2D eigenvalue weighted by Crippen LogP contribution is -2.14. The third-order valence-electron chi connectivity index (χ3n) is 14.4. The fourth-order valence-corrected chi connectivity index (χ4v) is 10.3. The molecule has 0 aliphatic carbocycles. The van der Waals surface area contributed by atoms with Crippen molar-refractivity contribution in [3.63, 3.8) is 0 Å². The Labute approximate surface area is 434 Å². The van der Waals surface area contributed by atoms with Crippen LogP contribution in [-0.2, 0) is 10.8 Å². The van der Waals surface area contributed by atoms with Crippen LogP contribution >= 0.6 is 0 Å². The molecule has 0 fully saturated rings. The lowest BCUT2D eigenvalue weighted by Gasteiger charge is -2.28. The van der Waals surface area contributed by atoms with Crippen molar-refractivity contribution in [1.82, 2.24) is 0 Å². The van der Waals surface area contributed by atoms with Gasteiger partial charge in [-0.15, -0.1) is 0 Å². The smallest absolute Gasteiger partial charge is 0.178 e. The number of fused-ring (bicyclic) bond motifs is 6. The van der Waals surface area contributed by atoms with Gasteiger partial charge in [-0.25, -0.2) is 0 Å². The lowest BCUT2D eigenvalue weighted by molar-refractivity contribution is 0.590. The summed E-state index contributed by atoms with van der Waals surface area (Å²) >= 11 is 0. The third-order valence-corrected chi connectivity index (χ3v) is 14.4. The fraction of sp³-hybridized carbons (Fsp3) is 0.114. The highest BCUT2D eigenvalue weighted by Crippen LogP contribution is 2.45. The standard InChI is InChI=1S/C70H58N2O2/c1-69(2,3)53-25-17-29-59(43-53)71(57-27-15-23-51(41-57)47-19-9-7-10-20-47)55-37-33-49(34-38-55)65-45-63-61-31-13-14-32-62(61)64-46-66(74-68(64)67(63)73-65)50-35-39-56(40-36-50)72(60-30-18-26-54(44-60)70(4,5)6)58-28-16-24-52(42-58)48-21-11-8-12-22-48/h7-46H,1-6H3. The molecule has 2 aromatic heterocycles. The highest BCUT2D eigenvalue weighted by molar-refractivity contribution is 6.23. The first kappa shape index (κ1) is 46.2. The highest BCUT2D eigenvalue weighted by atomic mass is 16.4. The summed E-state index contributed by atoms with van der Waals surface area (Å²) in [6, 6.07) is 87.0. The number of hydrogen-bond donors (Lipinski definition) is 0. The Morgan fingerprint density at radius 2 is 0.595 bits per heavy atom. The molecule has 4 heteroatoms. The van der Waals surface area contributed by atoms with Gasteiger partial charge in [0.15, 0.2) is 11.2 Å². The number of anilines is 6. The van der Waals surface area contributed by atoms with Gasteiger partial charge in [-0.05, 0) is 164 Å². The molecule has 2 heterocycles. The summed E-state index contributed by atoms with van der Waals surface area (Å²) in [5.41, 5.74) is 17.2. The Kier molecular flexibility index (Phi) is 11.6. The maximum absolute atomic E-state index is 6.92. The van der Waals surface area contributed by atoms with Crippen molar-refractivity contribution in [2.24, 2.45) is 0 Å². The van der Waals surface area contributed by atoms with Crippen molar-refractivity contribution in [2.75, 3.05) is 9.80 Å². The molecule has 360 valence electrons. The van der Waals surface area contributed by atoms with Crippen molar-refractivity contribution in [3.05, 3.63) is 254 Å². The summed E-state index contributed by atoms with van der Waals surface area (Å²) in [5, 5.41) is 4.29. The minimum absolute atomic E-state index is 0.00801. The number of rotatable bonds is 10. The van der Waals surface area contributed by atoms with E-state index in [1.165, 1.54) is 33.4 Å². The van der Waals surface area contributed by atoms with Gasteiger partial charge in [0.2, 0.25) is 0 Å². The number of benzene rings is 10. The van der Waals surface area contributed by atoms with Crippen LogP contribution < -0.4 is 9.80 Å². The Bertz CT molecular complexity index is 3700. The van der Waals surface area contributed by atoms with E-state index in [1.54, 1.807) is 0 Å². The average molecular weight is 959 g/mol. The van der Waals surface area contributed by atoms with E-state index in [-0.39, 0.29) is 10.8 Å². The van der Waals surface area contributed by atoms with Gasteiger partial charge in [-0.3, -0.25) is 0 Å². The summed E-state index contributed by atoms with van der Waals surface area (Å²) < 4.78 is 13.8. The van der Waals surface area contributed by atoms with Crippen molar-refractivity contribution in [3.8, 4) is 44.9 Å². The van der Waals surface area contributed by atoms with Crippen LogP contribution in [0.25, 0.3) is 77.6 Å². The van der Waals surface area contributed by atoms with Crippen LogP contribution in [0.4, 0.5) is 34.1 Å². The highest BCUT2D eigenvalue weighted by Gasteiger charge is 2.23. The molecule has 0 N–H and O–H groups in total. The lowest BCUT2D eigenvalue weighted by atomic mass is 9.87. The quantitative estimate of drug-likeness (QED) is 0.137. The number of nitrogens with zero attached hydrogens (tertiary/aromatic N) is 2. The molecule has 0 saturated carbocycles. The van der Waals surface area contributed by atoms with Crippen LogP contribution in [0.5, 0.6) is 0 Å². The molecule has 0 atom stereocenters. The van der Waals surface area contributed by atoms with Gasteiger partial charge in [0, 0.05) is 56.0 Å². The monoisotopic (exact) mass is 958 g/mol. The number of hydrogen-bond acceptors (Lipinski definition) is 4. The van der Waals surface area contributed by atoms with Gasteiger partial charge < -0.3 is 18.6 Å². The molecule has 12 rings (SSSR count).